The van der Waals surface area contributed by atoms with Gasteiger partial charge in [0, 0.05) is 23.4 Å². The van der Waals surface area contributed by atoms with E-state index in [0.29, 0.717) is 29.0 Å². The van der Waals surface area contributed by atoms with E-state index in [2.05, 4.69) is 9.71 Å². The van der Waals surface area contributed by atoms with Crippen molar-refractivity contribution in [2.45, 2.75) is 31.6 Å². The standard InChI is InChI=1S/C21H20ClFN2O4S2/c1-3-13-4-6-15(11-16(13)21(26)27)31(28,29)24-9-8-19-12(2)30-20(25-19)14-5-7-18(23)17(22)10-14/h4-7,10-11,24H,3,8-9H2,1-2H3,(H,26,27). The van der Waals surface area contributed by atoms with Crippen molar-refractivity contribution >= 4 is 38.9 Å². The number of aromatic nitrogens is 1. The number of aryl methyl sites for hydroxylation is 2. The quantitative estimate of drug-likeness (QED) is 0.485. The number of thiazole rings is 1. The van der Waals surface area contributed by atoms with Gasteiger partial charge in [0.2, 0.25) is 10.0 Å². The summed E-state index contributed by atoms with van der Waals surface area (Å²) < 4.78 is 41.1. The minimum Gasteiger partial charge on any atom is -0.478 e. The molecule has 6 nitrogen and oxygen atoms in total. The molecule has 0 aliphatic carbocycles. The van der Waals surface area contributed by atoms with Gasteiger partial charge in [0.15, 0.2) is 0 Å². The summed E-state index contributed by atoms with van der Waals surface area (Å²) in [5.41, 5.74) is 1.94. The molecule has 0 fully saturated rings. The van der Waals surface area contributed by atoms with E-state index >= 15 is 0 Å². The predicted octanol–water partition coefficient (Wildman–Crippen LogP) is 4.69. The number of carboxylic acid groups (broad SMARTS) is 1. The zero-order chi connectivity index (χ0) is 22.8. The van der Waals surface area contributed by atoms with Gasteiger partial charge in [0.1, 0.15) is 10.8 Å². The summed E-state index contributed by atoms with van der Waals surface area (Å²) in [6.45, 7) is 3.77. The number of carbonyl (C=O) groups is 1. The molecule has 31 heavy (non-hydrogen) atoms. The fraction of sp³-hybridized carbons (Fsp3) is 0.238. The second-order valence-corrected chi connectivity index (χ2v) is 10.2. The Kier molecular flexibility index (Phi) is 7.10. The maximum atomic E-state index is 13.4. The van der Waals surface area contributed by atoms with Crippen LogP contribution in [0.5, 0.6) is 0 Å². The minimum atomic E-state index is -3.88. The van der Waals surface area contributed by atoms with E-state index in [-0.39, 0.29) is 22.0 Å². The molecule has 1 heterocycles. The Hall–Kier alpha value is -2.33. The van der Waals surface area contributed by atoms with Crippen LogP contribution < -0.4 is 4.72 Å². The van der Waals surface area contributed by atoms with Gasteiger partial charge in [-0.2, -0.15) is 0 Å². The number of rotatable bonds is 8. The van der Waals surface area contributed by atoms with E-state index in [1.807, 2.05) is 6.92 Å². The fourth-order valence-electron chi connectivity index (χ4n) is 3.03. The van der Waals surface area contributed by atoms with Gasteiger partial charge in [-0.05, 0) is 49.2 Å². The van der Waals surface area contributed by atoms with Crippen LogP contribution in [-0.4, -0.2) is 31.0 Å². The molecule has 0 saturated carbocycles. The highest BCUT2D eigenvalue weighted by Gasteiger charge is 2.19. The summed E-state index contributed by atoms with van der Waals surface area (Å²) in [5.74, 6) is -1.67. The first-order chi connectivity index (χ1) is 14.6. The van der Waals surface area contributed by atoms with Crippen LogP contribution in [0.3, 0.4) is 0 Å². The van der Waals surface area contributed by atoms with Crippen LogP contribution in [0, 0.1) is 12.7 Å². The summed E-state index contributed by atoms with van der Waals surface area (Å²) in [4.78, 5) is 16.7. The Morgan fingerprint density at radius 2 is 2.00 bits per heavy atom. The molecule has 3 rings (SSSR count). The number of benzene rings is 2. The maximum absolute atomic E-state index is 13.4. The van der Waals surface area contributed by atoms with E-state index < -0.39 is 21.8 Å². The van der Waals surface area contributed by atoms with Crippen LogP contribution in [0.2, 0.25) is 5.02 Å². The first-order valence-corrected chi connectivity index (χ1v) is 12.1. The van der Waals surface area contributed by atoms with Crippen LogP contribution in [-0.2, 0) is 22.9 Å². The van der Waals surface area contributed by atoms with Crippen molar-refractivity contribution in [3.63, 3.8) is 0 Å². The normalized spacial score (nSPS) is 11.6. The maximum Gasteiger partial charge on any atom is 0.336 e. The number of nitrogens with zero attached hydrogens (tertiary/aromatic N) is 1. The third-order valence-corrected chi connectivity index (χ3v) is 7.53. The third kappa shape index (κ3) is 5.30. The summed E-state index contributed by atoms with van der Waals surface area (Å²) in [6, 6.07) is 8.46. The second kappa shape index (κ2) is 9.44. The number of hydrogen-bond donors (Lipinski definition) is 2. The van der Waals surface area contributed by atoms with Gasteiger partial charge >= 0.3 is 5.97 Å². The number of carboxylic acids is 1. The van der Waals surface area contributed by atoms with Crippen LogP contribution in [0.15, 0.2) is 41.3 Å². The Bertz CT molecular complexity index is 1240. The predicted molar refractivity (Wildman–Crippen MR) is 119 cm³/mol. The summed E-state index contributed by atoms with van der Waals surface area (Å²) in [7, 11) is -3.88. The Labute approximate surface area is 188 Å². The number of aromatic carboxylic acids is 1. The van der Waals surface area contributed by atoms with Gasteiger partial charge in [0.25, 0.3) is 0 Å². The number of halogens is 2. The van der Waals surface area contributed by atoms with Gasteiger partial charge in [-0.15, -0.1) is 11.3 Å². The topological polar surface area (TPSA) is 96.4 Å². The zero-order valence-corrected chi connectivity index (χ0v) is 19.2. The molecule has 2 N–H and O–H groups in total. The largest absolute Gasteiger partial charge is 0.478 e. The molecule has 164 valence electrons. The molecule has 10 heteroatoms. The third-order valence-electron chi connectivity index (χ3n) is 4.72. The van der Waals surface area contributed by atoms with Crippen molar-refractivity contribution in [2.24, 2.45) is 0 Å². The van der Waals surface area contributed by atoms with Gasteiger partial charge in [-0.3, -0.25) is 0 Å². The first kappa shape index (κ1) is 23.3. The molecule has 0 bridgehead atoms. The monoisotopic (exact) mass is 482 g/mol. The Morgan fingerprint density at radius 3 is 2.65 bits per heavy atom. The van der Waals surface area contributed by atoms with Crippen molar-refractivity contribution in [1.29, 1.82) is 0 Å². The highest BCUT2D eigenvalue weighted by atomic mass is 35.5. The Balaban J connectivity index is 1.72. The van der Waals surface area contributed by atoms with Gasteiger partial charge < -0.3 is 5.11 Å². The highest BCUT2D eigenvalue weighted by molar-refractivity contribution is 7.89. The van der Waals surface area contributed by atoms with Crippen LogP contribution >= 0.6 is 22.9 Å². The number of nitrogens with one attached hydrogen (secondary N) is 1. The molecule has 0 aliphatic rings. The van der Waals surface area contributed by atoms with Gasteiger partial charge in [-0.25, -0.2) is 27.3 Å². The summed E-state index contributed by atoms with van der Waals surface area (Å²) >= 11 is 7.25. The lowest BCUT2D eigenvalue weighted by Gasteiger charge is -2.09. The molecular weight excluding hydrogens is 463 g/mol. The van der Waals surface area contributed by atoms with Crippen molar-refractivity contribution in [1.82, 2.24) is 9.71 Å². The lowest BCUT2D eigenvalue weighted by molar-refractivity contribution is 0.0695. The average Bonchev–Trinajstić information content (AvgIpc) is 3.09. The molecule has 0 radical (unpaired) electrons. The van der Waals surface area contributed by atoms with E-state index in [1.54, 1.807) is 13.0 Å². The van der Waals surface area contributed by atoms with Gasteiger partial charge in [0.05, 0.1) is 21.2 Å². The number of sulfonamides is 1. The first-order valence-electron chi connectivity index (χ1n) is 9.40. The molecule has 0 atom stereocenters. The SMILES string of the molecule is CCc1ccc(S(=O)(=O)NCCc2nc(-c3ccc(F)c(Cl)c3)sc2C)cc1C(=O)O. The fourth-order valence-corrected chi connectivity index (χ4v) is 5.22. The van der Waals surface area contributed by atoms with Crippen molar-refractivity contribution in [3.8, 4) is 10.6 Å². The van der Waals surface area contributed by atoms with E-state index in [9.17, 15) is 22.7 Å². The molecule has 0 amide bonds. The van der Waals surface area contributed by atoms with E-state index in [0.717, 1.165) is 10.6 Å². The lowest BCUT2D eigenvalue weighted by Crippen LogP contribution is -2.26. The molecule has 0 unspecified atom stereocenters. The summed E-state index contributed by atoms with van der Waals surface area (Å²) in [6.07, 6.45) is 0.829. The molecular formula is C21H20ClFN2O4S2. The van der Waals surface area contributed by atoms with Crippen molar-refractivity contribution in [3.05, 3.63) is 68.9 Å². The molecule has 0 spiro atoms. The van der Waals surface area contributed by atoms with Crippen molar-refractivity contribution < 1.29 is 22.7 Å². The second-order valence-electron chi connectivity index (χ2n) is 6.78. The van der Waals surface area contributed by atoms with E-state index in [1.165, 1.54) is 41.7 Å². The smallest absolute Gasteiger partial charge is 0.336 e. The molecule has 0 aliphatic heterocycles. The number of hydrogen-bond acceptors (Lipinski definition) is 5. The zero-order valence-electron chi connectivity index (χ0n) is 16.8. The Morgan fingerprint density at radius 1 is 1.26 bits per heavy atom. The molecule has 2 aromatic carbocycles. The average molecular weight is 483 g/mol. The summed E-state index contributed by atoms with van der Waals surface area (Å²) in [5, 5.41) is 9.99. The van der Waals surface area contributed by atoms with Crippen LogP contribution in [0.1, 0.15) is 33.4 Å². The van der Waals surface area contributed by atoms with Crippen LogP contribution in [0.25, 0.3) is 10.6 Å². The lowest BCUT2D eigenvalue weighted by atomic mass is 10.1. The minimum absolute atomic E-state index is 0.00878. The van der Waals surface area contributed by atoms with E-state index in [4.69, 9.17) is 11.6 Å². The molecule has 1 aromatic heterocycles. The molecule has 3 aromatic rings. The highest BCUT2D eigenvalue weighted by Crippen LogP contribution is 2.30. The van der Waals surface area contributed by atoms with Crippen molar-refractivity contribution in [2.75, 3.05) is 6.54 Å². The van der Waals surface area contributed by atoms with Gasteiger partial charge in [-0.1, -0.05) is 24.6 Å². The van der Waals surface area contributed by atoms with Crippen LogP contribution in [0.4, 0.5) is 4.39 Å². The molecule has 0 saturated heterocycles.